The highest BCUT2D eigenvalue weighted by Crippen LogP contribution is 2.41. The molecule has 0 radical (unpaired) electrons. The van der Waals surface area contributed by atoms with Crippen LogP contribution in [0.1, 0.15) is 25.0 Å². The third-order valence-electron chi connectivity index (χ3n) is 3.97. The molecule has 2 aromatic carbocycles. The average molecular weight is 325 g/mol. The maximum Gasteiger partial charge on any atom is 0.424 e. The van der Waals surface area contributed by atoms with Crippen LogP contribution in [-0.4, -0.2) is 25.4 Å². The third-order valence-corrected chi connectivity index (χ3v) is 3.97. The summed E-state index contributed by atoms with van der Waals surface area (Å²) < 4.78 is 10.1. The van der Waals surface area contributed by atoms with Gasteiger partial charge in [-0.2, -0.15) is 4.90 Å². The minimum absolute atomic E-state index is 0.185. The van der Waals surface area contributed by atoms with Gasteiger partial charge < -0.3 is 9.47 Å². The van der Waals surface area contributed by atoms with Crippen LogP contribution in [0.25, 0.3) is 11.1 Å². The van der Waals surface area contributed by atoms with Crippen molar-refractivity contribution in [2.24, 2.45) is 0 Å². The van der Waals surface area contributed by atoms with Crippen LogP contribution in [0.15, 0.2) is 42.5 Å². The molecular weight excluding hydrogens is 306 g/mol. The van der Waals surface area contributed by atoms with Crippen molar-refractivity contribution >= 4 is 17.9 Å². The second-order valence-corrected chi connectivity index (χ2v) is 5.37. The first-order chi connectivity index (χ1) is 11.7. The first kappa shape index (κ1) is 16.1. The second-order valence-electron chi connectivity index (χ2n) is 5.37. The molecule has 2 aromatic rings. The number of hydrogen-bond acceptors (Lipinski definition) is 4. The smallest absolute Gasteiger partial charge is 0.424 e. The molecule has 0 aromatic heterocycles. The third kappa shape index (κ3) is 2.73. The first-order valence-corrected chi connectivity index (χ1v) is 8.01. The predicted octanol–water partition coefficient (Wildman–Crippen LogP) is 4.38. The molecule has 5 nitrogen and oxygen atoms in total. The molecule has 2 amide bonds. The largest absolute Gasteiger partial charge is 0.449 e. The standard InChI is InChI=1S/C19H19NO4/c1-3-23-18(21)20(19(22)24-4-2)17-11-7-10-15-14-9-6-5-8-13(14)12-16(15)17/h5-11H,3-4,12H2,1-2H3. The monoisotopic (exact) mass is 325 g/mol. The molecular formula is C19H19NO4. The van der Waals surface area contributed by atoms with Gasteiger partial charge in [-0.05, 0) is 42.2 Å². The maximum atomic E-state index is 12.3. The van der Waals surface area contributed by atoms with Gasteiger partial charge in [0.25, 0.3) is 0 Å². The lowest BCUT2D eigenvalue weighted by Gasteiger charge is -2.21. The number of hydrogen-bond donors (Lipinski definition) is 0. The highest BCUT2D eigenvalue weighted by Gasteiger charge is 2.31. The number of anilines is 1. The number of imide groups is 1. The molecule has 1 aliphatic carbocycles. The Kier molecular flexibility index (Phi) is 4.51. The van der Waals surface area contributed by atoms with Crippen LogP contribution >= 0.6 is 0 Å². The second kappa shape index (κ2) is 6.74. The van der Waals surface area contributed by atoms with Crippen LogP contribution in [0.3, 0.4) is 0 Å². The van der Waals surface area contributed by atoms with Gasteiger partial charge in [-0.25, -0.2) is 9.59 Å². The van der Waals surface area contributed by atoms with Gasteiger partial charge in [0, 0.05) is 6.42 Å². The quantitative estimate of drug-likeness (QED) is 0.717. The number of rotatable bonds is 3. The topological polar surface area (TPSA) is 55.8 Å². The Hall–Kier alpha value is -2.82. The van der Waals surface area contributed by atoms with E-state index in [4.69, 9.17) is 9.47 Å². The minimum Gasteiger partial charge on any atom is -0.449 e. The Morgan fingerprint density at radius 3 is 2.21 bits per heavy atom. The Morgan fingerprint density at radius 2 is 1.54 bits per heavy atom. The van der Waals surface area contributed by atoms with Gasteiger partial charge in [-0.15, -0.1) is 0 Å². The van der Waals surface area contributed by atoms with Gasteiger partial charge >= 0.3 is 12.2 Å². The summed E-state index contributed by atoms with van der Waals surface area (Å²) in [5, 5.41) is 0. The van der Waals surface area contributed by atoms with Crippen LogP contribution in [0.4, 0.5) is 15.3 Å². The molecule has 1 aliphatic rings. The molecule has 3 rings (SSSR count). The van der Waals surface area contributed by atoms with Crippen molar-refractivity contribution < 1.29 is 19.1 Å². The average Bonchev–Trinajstić information content (AvgIpc) is 2.95. The van der Waals surface area contributed by atoms with Gasteiger partial charge in [0.1, 0.15) is 0 Å². The Morgan fingerprint density at radius 1 is 0.917 bits per heavy atom. The van der Waals surface area contributed by atoms with Crippen LogP contribution < -0.4 is 4.90 Å². The van der Waals surface area contributed by atoms with E-state index < -0.39 is 12.2 Å². The predicted molar refractivity (Wildman–Crippen MR) is 91.2 cm³/mol. The number of ether oxygens (including phenoxy) is 2. The Bertz CT molecular complexity index is 767. The summed E-state index contributed by atoms with van der Waals surface area (Å²) in [6.07, 6.45) is -0.780. The van der Waals surface area contributed by atoms with Gasteiger partial charge in [-0.1, -0.05) is 36.4 Å². The molecule has 0 unspecified atom stereocenters. The van der Waals surface area contributed by atoms with E-state index in [-0.39, 0.29) is 13.2 Å². The van der Waals surface area contributed by atoms with Gasteiger partial charge in [0.05, 0.1) is 18.9 Å². The van der Waals surface area contributed by atoms with Crippen LogP contribution in [0.2, 0.25) is 0 Å². The van der Waals surface area contributed by atoms with E-state index in [1.807, 2.05) is 30.3 Å². The number of amides is 2. The zero-order chi connectivity index (χ0) is 17.1. The van der Waals surface area contributed by atoms with E-state index in [0.717, 1.165) is 21.6 Å². The lowest BCUT2D eigenvalue weighted by Crippen LogP contribution is -2.38. The zero-order valence-electron chi connectivity index (χ0n) is 13.7. The van der Waals surface area contributed by atoms with Crippen molar-refractivity contribution in [3.63, 3.8) is 0 Å². The molecule has 0 heterocycles. The summed E-state index contributed by atoms with van der Waals surface area (Å²) in [4.78, 5) is 25.7. The molecule has 24 heavy (non-hydrogen) atoms. The molecule has 0 saturated carbocycles. The lowest BCUT2D eigenvalue weighted by atomic mass is 10.0. The summed E-state index contributed by atoms with van der Waals surface area (Å²) in [5.74, 6) is 0. The fourth-order valence-electron chi connectivity index (χ4n) is 3.00. The number of benzene rings is 2. The van der Waals surface area contributed by atoms with E-state index in [1.54, 1.807) is 19.9 Å². The fourth-order valence-corrected chi connectivity index (χ4v) is 3.00. The van der Waals surface area contributed by atoms with Gasteiger partial charge in [0.2, 0.25) is 0 Å². The van der Waals surface area contributed by atoms with Crippen LogP contribution in [-0.2, 0) is 15.9 Å². The normalized spacial score (nSPS) is 11.4. The van der Waals surface area contributed by atoms with Gasteiger partial charge in [0.15, 0.2) is 0 Å². The Labute approximate surface area is 140 Å². The van der Waals surface area contributed by atoms with Crippen molar-refractivity contribution in [1.29, 1.82) is 0 Å². The lowest BCUT2D eigenvalue weighted by molar-refractivity contribution is 0.140. The van der Waals surface area contributed by atoms with Crippen molar-refractivity contribution in [2.75, 3.05) is 18.1 Å². The van der Waals surface area contributed by atoms with Crippen LogP contribution in [0, 0.1) is 0 Å². The summed E-state index contributed by atoms with van der Waals surface area (Å²) in [7, 11) is 0. The highest BCUT2D eigenvalue weighted by atomic mass is 16.6. The van der Waals surface area contributed by atoms with E-state index in [2.05, 4.69) is 6.07 Å². The SMILES string of the molecule is CCOC(=O)N(C(=O)OCC)c1cccc2c1Cc1ccccc1-2. The highest BCUT2D eigenvalue weighted by molar-refractivity contribution is 6.10. The summed E-state index contributed by atoms with van der Waals surface area (Å²) in [5.41, 5.74) is 4.77. The molecule has 5 heteroatoms. The van der Waals surface area contributed by atoms with Crippen molar-refractivity contribution in [3.05, 3.63) is 53.6 Å². The number of carbonyl (C=O) groups is 2. The summed E-state index contributed by atoms with van der Waals surface area (Å²) in [6.45, 7) is 3.77. The number of carbonyl (C=O) groups excluding carboxylic acids is 2. The van der Waals surface area contributed by atoms with E-state index in [0.29, 0.717) is 12.1 Å². The molecule has 0 fully saturated rings. The van der Waals surface area contributed by atoms with Crippen molar-refractivity contribution in [2.45, 2.75) is 20.3 Å². The molecule has 0 bridgehead atoms. The van der Waals surface area contributed by atoms with Gasteiger partial charge in [-0.3, -0.25) is 0 Å². The first-order valence-electron chi connectivity index (χ1n) is 8.01. The molecule has 0 aliphatic heterocycles. The zero-order valence-corrected chi connectivity index (χ0v) is 13.7. The minimum atomic E-state index is -0.722. The number of nitrogens with zero attached hydrogens (tertiary/aromatic N) is 1. The summed E-state index contributed by atoms with van der Waals surface area (Å²) >= 11 is 0. The Balaban J connectivity index is 2.07. The number of fused-ring (bicyclic) bond motifs is 3. The van der Waals surface area contributed by atoms with Crippen molar-refractivity contribution in [1.82, 2.24) is 0 Å². The van der Waals surface area contributed by atoms with Crippen LogP contribution in [0.5, 0.6) is 0 Å². The van der Waals surface area contributed by atoms with E-state index in [9.17, 15) is 9.59 Å². The molecule has 0 N–H and O–H groups in total. The van der Waals surface area contributed by atoms with E-state index >= 15 is 0 Å². The molecule has 0 atom stereocenters. The maximum absolute atomic E-state index is 12.3. The van der Waals surface area contributed by atoms with Crippen molar-refractivity contribution in [3.8, 4) is 11.1 Å². The molecule has 0 saturated heterocycles. The fraction of sp³-hybridized carbons (Fsp3) is 0.263. The van der Waals surface area contributed by atoms with E-state index in [1.165, 1.54) is 5.56 Å². The molecule has 0 spiro atoms. The molecule has 124 valence electrons. The summed E-state index contributed by atoms with van der Waals surface area (Å²) in [6, 6.07) is 13.6.